The van der Waals surface area contributed by atoms with Gasteiger partial charge in [0.2, 0.25) is 0 Å². The van der Waals surface area contributed by atoms with Crippen molar-refractivity contribution in [2.24, 2.45) is 0 Å². The second kappa shape index (κ2) is 8.87. The summed E-state index contributed by atoms with van der Waals surface area (Å²) in [6, 6.07) is 9.55. The fourth-order valence-electron chi connectivity index (χ4n) is 2.20. The van der Waals surface area contributed by atoms with Crippen molar-refractivity contribution in [3.8, 4) is 0 Å². The summed E-state index contributed by atoms with van der Waals surface area (Å²) in [4.78, 5) is 11.5. The van der Waals surface area contributed by atoms with Crippen molar-refractivity contribution >= 4 is 57.7 Å². The molecule has 9 heteroatoms. The summed E-state index contributed by atoms with van der Waals surface area (Å²) in [6.07, 6.45) is 0.376. The molecule has 0 heterocycles. The summed E-state index contributed by atoms with van der Waals surface area (Å²) >= 11 is 16.0. The number of esters is 1. The number of hydrogen-bond donors (Lipinski definition) is 1. The number of hydrogen-bond acceptors (Lipinski definition) is 3. The summed E-state index contributed by atoms with van der Waals surface area (Å²) in [5, 5.41) is 0.971. The number of rotatable bonds is 6. The Morgan fingerprint density at radius 3 is 2.52 bits per heavy atom. The van der Waals surface area contributed by atoms with Crippen LogP contribution in [0.5, 0.6) is 0 Å². The fraction of sp³-hybridized carbons (Fsp3) is 0.188. The van der Waals surface area contributed by atoms with Crippen LogP contribution in [0, 0.1) is 0 Å². The quantitative estimate of drug-likeness (QED) is 0.545. The van der Waals surface area contributed by atoms with Crippen molar-refractivity contribution in [2.45, 2.75) is 6.42 Å². The van der Waals surface area contributed by atoms with Crippen LogP contribution in [-0.4, -0.2) is 28.4 Å². The SMILES string of the molecule is COC(=O)c1ccc(N(CCc2cccc(Cl)c2Cl)S(=O)O)c(Cl)c1. The number of benzene rings is 2. The normalized spacial score (nSPS) is 11.9. The van der Waals surface area contributed by atoms with E-state index in [4.69, 9.17) is 34.8 Å². The average molecular weight is 423 g/mol. The maximum atomic E-state index is 11.7. The van der Waals surface area contributed by atoms with Crippen LogP contribution < -0.4 is 4.31 Å². The summed E-state index contributed by atoms with van der Waals surface area (Å²) in [5.74, 6) is -0.546. The van der Waals surface area contributed by atoms with Gasteiger partial charge in [0, 0.05) is 6.54 Å². The standard InChI is InChI=1S/C16H14Cl3NO4S/c1-24-16(21)11-5-6-14(13(18)9-11)20(25(22)23)8-7-10-3-2-4-12(17)15(10)19/h2-6,9H,7-8H2,1H3,(H,22,23). The summed E-state index contributed by atoms with van der Waals surface area (Å²) in [5.41, 5.74) is 1.30. The van der Waals surface area contributed by atoms with Crippen molar-refractivity contribution in [1.82, 2.24) is 0 Å². The highest BCUT2D eigenvalue weighted by molar-refractivity contribution is 7.80. The number of carbonyl (C=O) groups is 1. The predicted octanol–water partition coefficient (Wildman–Crippen LogP) is 4.62. The van der Waals surface area contributed by atoms with Crippen LogP contribution in [0.1, 0.15) is 15.9 Å². The van der Waals surface area contributed by atoms with E-state index in [1.54, 1.807) is 18.2 Å². The third kappa shape index (κ3) is 4.86. The summed E-state index contributed by atoms with van der Waals surface area (Å²) in [6.45, 7) is 0.167. The van der Waals surface area contributed by atoms with E-state index in [1.165, 1.54) is 29.6 Å². The summed E-state index contributed by atoms with van der Waals surface area (Å²) in [7, 11) is 1.26. The highest BCUT2D eigenvalue weighted by atomic mass is 35.5. The topological polar surface area (TPSA) is 66.8 Å². The van der Waals surface area contributed by atoms with Crippen LogP contribution in [0.2, 0.25) is 15.1 Å². The first-order chi connectivity index (χ1) is 11.8. The number of methoxy groups -OCH3 is 1. The monoisotopic (exact) mass is 421 g/mol. The van der Waals surface area contributed by atoms with Gasteiger partial charge in [-0.25, -0.2) is 9.00 Å². The molecule has 0 spiro atoms. The van der Waals surface area contributed by atoms with Gasteiger partial charge in [0.15, 0.2) is 0 Å². The van der Waals surface area contributed by atoms with E-state index in [1.807, 2.05) is 0 Å². The van der Waals surface area contributed by atoms with Gasteiger partial charge in [0.25, 0.3) is 11.3 Å². The Morgan fingerprint density at radius 1 is 1.20 bits per heavy atom. The van der Waals surface area contributed by atoms with Gasteiger partial charge in [0.1, 0.15) is 0 Å². The van der Waals surface area contributed by atoms with Crippen LogP contribution in [0.4, 0.5) is 5.69 Å². The van der Waals surface area contributed by atoms with Crippen molar-refractivity contribution in [1.29, 1.82) is 0 Å². The minimum Gasteiger partial charge on any atom is -0.465 e. The first-order valence-electron chi connectivity index (χ1n) is 7.04. The van der Waals surface area contributed by atoms with Gasteiger partial charge in [-0.3, -0.25) is 8.86 Å². The lowest BCUT2D eigenvalue weighted by Crippen LogP contribution is -2.28. The van der Waals surface area contributed by atoms with E-state index in [2.05, 4.69) is 4.74 Å². The molecule has 2 aromatic carbocycles. The Hall–Kier alpha value is -1.31. The number of anilines is 1. The molecule has 0 saturated heterocycles. The first kappa shape index (κ1) is 20.0. The van der Waals surface area contributed by atoms with Crippen LogP contribution in [0.3, 0.4) is 0 Å². The maximum Gasteiger partial charge on any atom is 0.337 e. The van der Waals surface area contributed by atoms with Gasteiger partial charge < -0.3 is 4.74 Å². The van der Waals surface area contributed by atoms with Gasteiger partial charge in [-0.2, -0.15) is 0 Å². The zero-order valence-corrected chi connectivity index (χ0v) is 16.1. The number of nitrogens with zero attached hydrogens (tertiary/aromatic N) is 1. The lowest BCUT2D eigenvalue weighted by molar-refractivity contribution is 0.0601. The molecule has 0 aromatic heterocycles. The molecule has 25 heavy (non-hydrogen) atoms. The van der Waals surface area contributed by atoms with E-state index in [9.17, 15) is 13.6 Å². The molecule has 1 atom stereocenters. The molecule has 1 N–H and O–H groups in total. The zero-order valence-electron chi connectivity index (χ0n) is 13.0. The second-order valence-electron chi connectivity index (χ2n) is 4.95. The molecule has 0 aliphatic rings. The Morgan fingerprint density at radius 2 is 1.92 bits per heavy atom. The summed E-state index contributed by atoms with van der Waals surface area (Å²) < 4.78 is 27.1. The molecule has 1 unspecified atom stereocenters. The van der Waals surface area contributed by atoms with E-state index in [0.717, 1.165) is 5.56 Å². The molecule has 0 aliphatic carbocycles. The van der Waals surface area contributed by atoms with Crippen molar-refractivity contribution in [3.05, 3.63) is 62.6 Å². The van der Waals surface area contributed by atoms with Gasteiger partial charge >= 0.3 is 5.97 Å². The van der Waals surface area contributed by atoms with Crippen molar-refractivity contribution in [3.63, 3.8) is 0 Å². The Kier molecular flexibility index (Phi) is 7.10. The predicted molar refractivity (Wildman–Crippen MR) is 101 cm³/mol. The minimum absolute atomic E-state index is 0.155. The second-order valence-corrected chi connectivity index (χ2v) is 7.05. The Bertz CT molecular complexity index is 816. The highest BCUT2D eigenvalue weighted by Gasteiger charge is 2.18. The van der Waals surface area contributed by atoms with Gasteiger partial charge in [-0.05, 0) is 36.2 Å². The number of ether oxygens (including phenoxy) is 1. The molecule has 0 bridgehead atoms. The van der Waals surface area contributed by atoms with Crippen LogP contribution in [-0.2, 0) is 22.4 Å². The molecule has 2 rings (SSSR count). The first-order valence-corrected chi connectivity index (χ1v) is 9.24. The molecule has 134 valence electrons. The minimum atomic E-state index is -2.31. The Labute approximate surface area is 162 Å². The molecule has 2 aromatic rings. The molecule has 0 aliphatic heterocycles. The molecule has 0 saturated carbocycles. The van der Waals surface area contributed by atoms with Crippen molar-refractivity contribution in [2.75, 3.05) is 18.0 Å². The molecular formula is C16H14Cl3NO4S. The average Bonchev–Trinajstić information content (AvgIpc) is 2.58. The third-order valence-electron chi connectivity index (χ3n) is 3.44. The molecule has 0 fully saturated rings. The maximum absolute atomic E-state index is 11.7. The molecule has 0 radical (unpaired) electrons. The Balaban J connectivity index is 2.25. The van der Waals surface area contributed by atoms with E-state index >= 15 is 0 Å². The fourth-order valence-corrected chi connectivity index (χ4v) is 3.52. The lowest BCUT2D eigenvalue weighted by atomic mass is 10.1. The van der Waals surface area contributed by atoms with Crippen molar-refractivity contribution < 1.29 is 18.3 Å². The van der Waals surface area contributed by atoms with Gasteiger partial charge in [-0.1, -0.05) is 46.9 Å². The largest absolute Gasteiger partial charge is 0.465 e. The molecular weight excluding hydrogens is 409 g/mol. The van der Waals surface area contributed by atoms with E-state index < -0.39 is 17.2 Å². The van der Waals surface area contributed by atoms with E-state index in [-0.39, 0.29) is 17.1 Å². The van der Waals surface area contributed by atoms with Crippen LogP contribution in [0.15, 0.2) is 36.4 Å². The van der Waals surface area contributed by atoms with Crippen LogP contribution >= 0.6 is 34.8 Å². The number of halogens is 3. The highest BCUT2D eigenvalue weighted by Crippen LogP contribution is 2.30. The molecule has 0 amide bonds. The zero-order chi connectivity index (χ0) is 18.6. The van der Waals surface area contributed by atoms with Gasteiger partial charge in [0.05, 0.1) is 33.4 Å². The third-order valence-corrected chi connectivity index (χ3v) is 5.36. The molecule has 5 nitrogen and oxygen atoms in total. The van der Waals surface area contributed by atoms with Gasteiger partial charge in [-0.15, -0.1) is 0 Å². The van der Waals surface area contributed by atoms with E-state index in [0.29, 0.717) is 22.2 Å². The lowest BCUT2D eigenvalue weighted by Gasteiger charge is -2.21. The number of carbonyl (C=O) groups excluding carboxylic acids is 1. The van der Waals surface area contributed by atoms with Crippen LogP contribution in [0.25, 0.3) is 0 Å². The smallest absolute Gasteiger partial charge is 0.337 e.